The Morgan fingerprint density at radius 1 is 1.32 bits per heavy atom. The highest BCUT2D eigenvalue weighted by atomic mass is 32.2. The lowest BCUT2D eigenvalue weighted by Gasteiger charge is -2.17. The number of guanidine groups is 1. The molecule has 0 aliphatic heterocycles. The molecule has 0 amide bonds. The van der Waals surface area contributed by atoms with E-state index >= 15 is 0 Å². The van der Waals surface area contributed by atoms with Crippen molar-refractivity contribution >= 4 is 15.8 Å². The van der Waals surface area contributed by atoms with Gasteiger partial charge in [0.05, 0.1) is 17.5 Å². The van der Waals surface area contributed by atoms with Crippen LogP contribution in [0.25, 0.3) is 0 Å². The highest BCUT2D eigenvalue weighted by Gasteiger charge is 2.24. The summed E-state index contributed by atoms with van der Waals surface area (Å²) in [5.41, 5.74) is 1.70. The quantitative estimate of drug-likeness (QED) is 0.525. The highest BCUT2D eigenvalue weighted by molar-refractivity contribution is 7.90. The van der Waals surface area contributed by atoms with Crippen LogP contribution in [0, 0.1) is 12.8 Å². The minimum absolute atomic E-state index is 0.221. The molecule has 0 heterocycles. The molecule has 0 radical (unpaired) electrons. The summed E-state index contributed by atoms with van der Waals surface area (Å²) >= 11 is 0. The van der Waals surface area contributed by atoms with Crippen molar-refractivity contribution in [2.24, 2.45) is 10.9 Å². The Balaban J connectivity index is 2.01. The molecule has 3 N–H and O–H groups in total. The van der Waals surface area contributed by atoms with Gasteiger partial charge >= 0.3 is 0 Å². The molecule has 0 spiro atoms. The summed E-state index contributed by atoms with van der Waals surface area (Å²) in [4.78, 5) is 4.93. The first-order chi connectivity index (χ1) is 11.8. The van der Waals surface area contributed by atoms with E-state index < -0.39 is 9.84 Å². The molecule has 2 rings (SSSR count). The van der Waals surface area contributed by atoms with Gasteiger partial charge < -0.3 is 15.7 Å². The van der Waals surface area contributed by atoms with Crippen molar-refractivity contribution < 1.29 is 13.5 Å². The molecule has 1 saturated carbocycles. The summed E-state index contributed by atoms with van der Waals surface area (Å²) in [7, 11) is -3.20. The first kappa shape index (κ1) is 19.7. The fourth-order valence-electron chi connectivity index (χ4n) is 3.22. The molecule has 140 valence electrons. The number of rotatable bonds is 6. The predicted octanol–water partition coefficient (Wildman–Crippen LogP) is 1.61. The summed E-state index contributed by atoms with van der Waals surface area (Å²) in [6, 6.07) is 5.31. The molecule has 1 aliphatic rings. The second-order valence-electron chi connectivity index (χ2n) is 6.71. The van der Waals surface area contributed by atoms with Crippen molar-refractivity contribution in [3.8, 4) is 0 Å². The number of sulfone groups is 1. The van der Waals surface area contributed by atoms with Gasteiger partial charge in [-0.05, 0) is 43.9 Å². The smallest absolute Gasteiger partial charge is 0.191 e. The van der Waals surface area contributed by atoms with Gasteiger partial charge in [-0.3, -0.25) is 0 Å². The molecule has 2 unspecified atom stereocenters. The highest BCUT2D eigenvalue weighted by Crippen LogP contribution is 2.24. The lowest BCUT2D eigenvalue weighted by atomic mass is 10.1. The second-order valence-corrected chi connectivity index (χ2v) is 8.69. The fourth-order valence-corrected chi connectivity index (χ4v) is 4.18. The molecular formula is C18H29N3O3S. The van der Waals surface area contributed by atoms with Crippen molar-refractivity contribution in [2.75, 3.05) is 19.3 Å². The normalized spacial score (nSPS) is 21.4. The van der Waals surface area contributed by atoms with E-state index in [1.54, 1.807) is 19.1 Å². The van der Waals surface area contributed by atoms with Crippen molar-refractivity contribution in [3.05, 3.63) is 29.3 Å². The van der Waals surface area contributed by atoms with Gasteiger partial charge in [0.15, 0.2) is 15.8 Å². The predicted molar refractivity (Wildman–Crippen MR) is 100 cm³/mol. The largest absolute Gasteiger partial charge is 0.393 e. The van der Waals surface area contributed by atoms with Crippen LogP contribution in [0.1, 0.15) is 37.3 Å². The third kappa shape index (κ3) is 5.71. The van der Waals surface area contributed by atoms with E-state index in [1.807, 2.05) is 13.0 Å². The summed E-state index contributed by atoms with van der Waals surface area (Å²) in [6.07, 6.45) is 4.00. The van der Waals surface area contributed by atoms with Crippen LogP contribution in [0.5, 0.6) is 0 Å². The van der Waals surface area contributed by atoms with Crippen molar-refractivity contribution in [1.82, 2.24) is 10.6 Å². The van der Waals surface area contributed by atoms with Gasteiger partial charge in [-0.15, -0.1) is 0 Å². The molecule has 0 bridgehead atoms. The van der Waals surface area contributed by atoms with Crippen LogP contribution in [0.3, 0.4) is 0 Å². The lowest BCUT2D eigenvalue weighted by molar-refractivity contribution is 0.134. The van der Waals surface area contributed by atoms with Crippen LogP contribution in [0.2, 0.25) is 0 Å². The first-order valence-corrected chi connectivity index (χ1v) is 10.7. The van der Waals surface area contributed by atoms with Crippen LogP contribution in [0.15, 0.2) is 28.1 Å². The van der Waals surface area contributed by atoms with E-state index in [4.69, 9.17) is 0 Å². The van der Waals surface area contributed by atoms with E-state index in [0.29, 0.717) is 23.9 Å². The van der Waals surface area contributed by atoms with Crippen molar-refractivity contribution in [2.45, 2.75) is 50.7 Å². The molecule has 0 aromatic heterocycles. The first-order valence-electron chi connectivity index (χ1n) is 8.81. The number of nitrogens with zero attached hydrogens (tertiary/aromatic N) is 1. The minimum Gasteiger partial charge on any atom is -0.393 e. The van der Waals surface area contributed by atoms with E-state index in [-0.39, 0.29) is 12.0 Å². The van der Waals surface area contributed by atoms with Crippen LogP contribution in [-0.2, 0) is 16.4 Å². The topological polar surface area (TPSA) is 90.8 Å². The molecule has 1 aliphatic carbocycles. The van der Waals surface area contributed by atoms with E-state index in [0.717, 1.165) is 36.9 Å². The Labute approximate surface area is 150 Å². The van der Waals surface area contributed by atoms with Crippen LogP contribution in [0.4, 0.5) is 0 Å². The van der Waals surface area contributed by atoms with Gasteiger partial charge in [-0.1, -0.05) is 18.6 Å². The molecule has 1 fully saturated rings. The summed E-state index contributed by atoms with van der Waals surface area (Å²) in [6.45, 7) is 5.73. The minimum atomic E-state index is -3.20. The summed E-state index contributed by atoms with van der Waals surface area (Å²) < 4.78 is 23.4. The Kier molecular flexibility index (Phi) is 6.84. The summed E-state index contributed by atoms with van der Waals surface area (Å²) in [5, 5.41) is 16.4. The zero-order valence-corrected chi connectivity index (χ0v) is 16.1. The number of aliphatic hydroxyl groups excluding tert-OH is 1. The molecular weight excluding hydrogens is 338 g/mol. The average Bonchev–Trinajstić information content (AvgIpc) is 2.94. The number of aryl methyl sites for hydroxylation is 1. The second kappa shape index (κ2) is 8.67. The molecule has 6 nitrogen and oxygen atoms in total. The number of hydrogen-bond acceptors (Lipinski definition) is 4. The Morgan fingerprint density at radius 2 is 2.08 bits per heavy atom. The molecule has 2 atom stereocenters. The third-order valence-corrected chi connectivity index (χ3v) is 5.81. The number of aliphatic hydroxyl groups is 1. The summed E-state index contributed by atoms with van der Waals surface area (Å²) in [5.74, 6) is 0.992. The molecule has 1 aromatic rings. The number of nitrogens with one attached hydrogen (secondary N) is 2. The Hall–Kier alpha value is -1.60. The Morgan fingerprint density at radius 3 is 2.64 bits per heavy atom. The zero-order chi connectivity index (χ0) is 18.4. The van der Waals surface area contributed by atoms with Crippen LogP contribution in [-0.4, -0.2) is 44.9 Å². The van der Waals surface area contributed by atoms with Gasteiger partial charge in [0, 0.05) is 25.3 Å². The van der Waals surface area contributed by atoms with Crippen molar-refractivity contribution in [1.29, 1.82) is 0 Å². The van der Waals surface area contributed by atoms with Crippen molar-refractivity contribution in [3.63, 3.8) is 0 Å². The van der Waals surface area contributed by atoms with E-state index in [9.17, 15) is 13.5 Å². The third-order valence-electron chi connectivity index (χ3n) is 4.55. The van der Waals surface area contributed by atoms with E-state index in [1.165, 1.54) is 6.26 Å². The number of benzene rings is 1. The van der Waals surface area contributed by atoms with Gasteiger partial charge in [0.1, 0.15) is 0 Å². The number of hydrogen-bond donors (Lipinski definition) is 3. The molecule has 7 heteroatoms. The molecule has 25 heavy (non-hydrogen) atoms. The average molecular weight is 368 g/mol. The number of aliphatic imine (C=N–C) groups is 1. The fraction of sp³-hybridized carbons (Fsp3) is 0.611. The van der Waals surface area contributed by atoms with Crippen LogP contribution >= 0.6 is 0 Å². The van der Waals surface area contributed by atoms with E-state index in [2.05, 4.69) is 15.6 Å². The standard InChI is InChI=1S/C18H29N3O3S/c1-4-19-18(21-12-15-6-5-7-16(15)22)20-11-14-8-9-17(13(2)10-14)25(3,23)24/h8-10,15-16,22H,4-7,11-12H2,1-3H3,(H2,19,20,21). The molecule has 1 aromatic carbocycles. The maximum Gasteiger partial charge on any atom is 0.191 e. The van der Waals surface area contributed by atoms with Gasteiger partial charge in [0.25, 0.3) is 0 Å². The zero-order valence-electron chi connectivity index (χ0n) is 15.2. The van der Waals surface area contributed by atoms with Gasteiger partial charge in [-0.25, -0.2) is 13.4 Å². The monoisotopic (exact) mass is 367 g/mol. The maximum atomic E-state index is 11.7. The van der Waals surface area contributed by atoms with Gasteiger partial charge in [0.2, 0.25) is 0 Å². The lowest BCUT2D eigenvalue weighted by Crippen LogP contribution is -2.41. The van der Waals surface area contributed by atoms with Crippen LogP contribution < -0.4 is 10.6 Å². The Bertz CT molecular complexity index is 716. The maximum absolute atomic E-state index is 11.7. The molecule has 0 saturated heterocycles. The SMILES string of the molecule is CCNC(=NCc1ccc(S(C)(=O)=O)c(C)c1)NCC1CCCC1O. The van der Waals surface area contributed by atoms with Gasteiger partial charge in [-0.2, -0.15) is 0 Å².